The van der Waals surface area contributed by atoms with Gasteiger partial charge in [-0.15, -0.1) is 0 Å². The van der Waals surface area contributed by atoms with Gasteiger partial charge in [0, 0.05) is 0 Å². The zero-order chi connectivity index (χ0) is 10.3. The molecule has 1 amide bonds. The number of carbonyl (C=O) groups is 2. The van der Waals surface area contributed by atoms with Crippen molar-refractivity contribution in [1.29, 1.82) is 0 Å². The number of nitrogens with one attached hydrogen (secondary N) is 2. The molecule has 3 N–H and O–H groups in total. The van der Waals surface area contributed by atoms with Gasteiger partial charge in [0.2, 0.25) is 5.95 Å². The Balaban J connectivity index is 2.45. The van der Waals surface area contributed by atoms with Crippen molar-refractivity contribution in [1.82, 2.24) is 9.66 Å². The summed E-state index contributed by atoms with van der Waals surface area (Å²) in [5.41, 5.74) is 2.34. The summed E-state index contributed by atoms with van der Waals surface area (Å²) in [5.74, 6) is -1.10. The van der Waals surface area contributed by atoms with E-state index in [9.17, 15) is 9.59 Å². The van der Waals surface area contributed by atoms with Gasteiger partial charge >= 0.3 is 5.97 Å². The van der Waals surface area contributed by atoms with E-state index in [1.54, 1.807) is 6.92 Å². The summed E-state index contributed by atoms with van der Waals surface area (Å²) in [6, 6.07) is -0.411. The number of amides is 1. The van der Waals surface area contributed by atoms with Crippen molar-refractivity contribution in [2.75, 3.05) is 10.7 Å². The van der Waals surface area contributed by atoms with Gasteiger partial charge in [0.05, 0.1) is 6.20 Å². The van der Waals surface area contributed by atoms with Crippen LogP contribution in [0.4, 0.5) is 5.95 Å². The van der Waals surface area contributed by atoms with E-state index < -0.39 is 12.0 Å². The Morgan fingerprint density at radius 2 is 2.43 bits per heavy atom. The fourth-order valence-electron chi connectivity index (χ4n) is 1.18. The van der Waals surface area contributed by atoms with Crippen molar-refractivity contribution < 1.29 is 14.7 Å². The minimum atomic E-state index is -1.14. The minimum Gasteiger partial charge on any atom is -0.476 e. The number of anilines is 1. The number of aromatic carboxylic acids is 1. The molecule has 1 aliphatic heterocycles. The van der Waals surface area contributed by atoms with Crippen LogP contribution in [0.3, 0.4) is 0 Å². The summed E-state index contributed by atoms with van der Waals surface area (Å²) < 4.78 is 1.12. The number of hydrogen-bond acceptors (Lipinski definition) is 4. The molecular formula is C7H8N4O3. The molecule has 0 aromatic carbocycles. The average molecular weight is 196 g/mol. The van der Waals surface area contributed by atoms with Crippen LogP contribution >= 0.6 is 0 Å². The fourth-order valence-corrected chi connectivity index (χ4v) is 1.18. The SMILES string of the molecule is CC1Nc2ncc(C(=O)O)n2NC1=O. The molecule has 1 aliphatic rings. The Morgan fingerprint density at radius 1 is 1.71 bits per heavy atom. The van der Waals surface area contributed by atoms with Crippen molar-refractivity contribution in [3.05, 3.63) is 11.9 Å². The molecule has 0 spiro atoms. The monoisotopic (exact) mass is 196 g/mol. The summed E-state index contributed by atoms with van der Waals surface area (Å²) in [6.07, 6.45) is 1.18. The zero-order valence-electron chi connectivity index (χ0n) is 7.31. The molecule has 7 heteroatoms. The molecule has 1 aromatic rings. The largest absolute Gasteiger partial charge is 0.476 e. The first-order chi connectivity index (χ1) is 6.59. The lowest BCUT2D eigenvalue weighted by Gasteiger charge is -2.22. The molecule has 0 saturated heterocycles. The van der Waals surface area contributed by atoms with Gasteiger partial charge in [0.25, 0.3) is 5.91 Å². The van der Waals surface area contributed by atoms with E-state index in [-0.39, 0.29) is 11.6 Å². The Morgan fingerprint density at radius 3 is 3.07 bits per heavy atom. The lowest BCUT2D eigenvalue weighted by atomic mass is 10.3. The normalized spacial score (nSPS) is 19.5. The third-order valence-electron chi connectivity index (χ3n) is 1.94. The quantitative estimate of drug-likeness (QED) is 0.560. The summed E-state index contributed by atoms with van der Waals surface area (Å²) in [6.45, 7) is 1.66. The molecule has 1 aromatic heterocycles. The lowest BCUT2D eigenvalue weighted by molar-refractivity contribution is -0.117. The molecule has 0 bridgehead atoms. The molecule has 1 atom stereocenters. The third kappa shape index (κ3) is 1.10. The summed E-state index contributed by atoms with van der Waals surface area (Å²) in [4.78, 5) is 25.7. The predicted molar refractivity (Wildman–Crippen MR) is 46.6 cm³/mol. The Kier molecular flexibility index (Phi) is 1.66. The predicted octanol–water partition coefficient (Wildman–Crippen LogP) is -0.535. The first kappa shape index (κ1) is 8.54. The van der Waals surface area contributed by atoms with E-state index in [1.165, 1.54) is 6.20 Å². The van der Waals surface area contributed by atoms with Gasteiger partial charge in [0.15, 0.2) is 5.69 Å². The lowest BCUT2D eigenvalue weighted by Crippen LogP contribution is -2.43. The van der Waals surface area contributed by atoms with E-state index in [0.29, 0.717) is 5.95 Å². The Bertz CT molecular complexity index is 411. The van der Waals surface area contributed by atoms with Crippen molar-refractivity contribution in [3.8, 4) is 0 Å². The molecule has 0 radical (unpaired) electrons. The van der Waals surface area contributed by atoms with Crippen LogP contribution in [0, 0.1) is 0 Å². The van der Waals surface area contributed by atoms with Gasteiger partial charge in [-0.2, -0.15) is 0 Å². The van der Waals surface area contributed by atoms with Crippen molar-refractivity contribution >= 4 is 17.8 Å². The number of carboxylic acid groups (broad SMARTS) is 1. The second-order valence-corrected chi connectivity index (χ2v) is 2.95. The third-order valence-corrected chi connectivity index (χ3v) is 1.94. The number of aromatic nitrogens is 2. The molecule has 0 saturated carbocycles. The number of hydrogen-bond donors (Lipinski definition) is 3. The summed E-state index contributed by atoms with van der Waals surface area (Å²) in [5, 5.41) is 11.5. The highest BCUT2D eigenvalue weighted by molar-refractivity contribution is 5.95. The van der Waals surface area contributed by atoms with Gasteiger partial charge in [-0.05, 0) is 6.92 Å². The maximum atomic E-state index is 11.2. The molecule has 2 heterocycles. The standard InChI is InChI=1S/C7H8N4O3/c1-3-5(12)10-11-4(6(13)14)2-8-7(11)9-3/h2-3H,1H3,(H,8,9)(H,10,12)(H,13,14). The van der Waals surface area contributed by atoms with Gasteiger partial charge in [-0.25, -0.2) is 14.5 Å². The molecule has 0 aliphatic carbocycles. The number of carboxylic acids is 1. The second-order valence-electron chi connectivity index (χ2n) is 2.95. The average Bonchev–Trinajstić information content (AvgIpc) is 2.48. The number of imidazole rings is 1. The van der Waals surface area contributed by atoms with E-state index in [1.807, 2.05) is 0 Å². The first-order valence-corrected chi connectivity index (χ1v) is 3.98. The van der Waals surface area contributed by atoms with Gasteiger partial charge < -0.3 is 10.4 Å². The summed E-state index contributed by atoms with van der Waals surface area (Å²) in [7, 11) is 0. The Hall–Kier alpha value is -2.05. The number of nitrogens with zero attached hydrogens (tertiary/aromatic N) is 2. The highest BCUT2D eigenvalue weighted by atomic mass is 16.4. The second kappa shape index (κ2) is 2.72. The molecule has 0 fully saturated rings. The molecule has 74 valence electrons. The van der Waals surface area contributed by atoms with E-state index in [2.05, 4.69) is 15.7 Å². The van der Waals surface area contributed by atoms with Crippen LogP contribution in [0.5, 0.6) is 0 Å². The molecular weight excluding hydrogens is 188 g/mol. The van der Waals surface area contributed by atoms with Crippen LogP contribution in [0.15, 0.2) is 6.20 Å². The fraction of sp³-hybridized carbons (Fsp3) is 0.286. The smallest absolute Gasteiger partial charge is 0.356 e. The Labute approximate surface area is 78.7 Å². The number of carbonyl (C=O) groups excluding carboxylic acids is 1. The maximum absolute atomic E-state index is 11.2. The van der Waals surface area contributed by atoms with Crippen LogP contribution in [0.25, 0.3) is 0 Å². The molecule has 2 rings (SSSR count). The van der Waals surface area contributed by atoms with E-state index >= 15 is 0 Å². The van der Waals surface area contributed by atoms with Crippen molar-refractivity contribution in [3.63, 3.8) is 0 Å². The van der Waals surface area contributed by atoms with Gasteiger partial charge in [-0.1, -0.05) is 0 Å². The minimum absolute atomic E-state index is 0.0762. The van der Waals surface area contributed by atoms with Crippen LogP contribution in [0.2, 0.25) is 0 Å². The zero-order valence-corrected chi connectivity index (χ0v) is 7.31. The van der Waals surface area contributed by atoms with Crippen LogP contribution in [-0.4, -0.2) is 32.7 Å². The highest BCUT2D eigenvalue weighted by Crippen LogP contribution is 2.13. The van der Waals surface area contributed by atoms with Crippen molar-refractivity contribution in [2.24, 2.45) is 0 Å². The molecule has 1 unspecified atom stereocenters. The van der Waals surface area contributed by atoms with Gasteiger partial charge in [-0.3, -0.25) is 10.2 Å². The van der Waals surface area contributed by atoms with Crippen LogP contribution in [0.1, 0.15) is 17.4 Å². The van der Waals surface area contributed by atoms with E-state index in [4.69, 9.17) is 5.11 Å². The van der Waals surface area contributed by atoms with Gasteiger partial charge in [0.1, 0.15) is 6.04 Å². The molecule has 7 nitrogen and oxygen atoms in total. The highest BCUT2D eigenvalue weighted by Gasteiger charge is 2.26. The van der Waals surface area contributed by atoms with Crippen molar-refractivity contribution in [2.45, 2.75) is 13.0 Å². The first-order valence-electron chi connectivity index (χ1n) is 3.98. The number of rotatable bonds is 1. The topological polar surface area (TPSA) is 96.2 Å². The van der Waals surface area contributed by atoms with E-state index in [0.717, 1.165) is 4.68 Å². The maximum Gasteiger partial charge on any atom is 0.356 e. The summed E-state index contributed by atoms with van der Waals surface area (Å²) >= 11 is 0. The van der Waals surface area contributed by atoms with Crippen LogP contribution in [-0.2, 0) is 4.79 Å². The number of fused-ring (bicyclic) bond motifs is 1. The molecule has 14 heavy (non-hydrogen) atoms. The van der Waals surface area contributed by atoms with Crippen LogP contribution < -0.4 is 10.7 Å².